The predicted molar refractivity (Wildman–Crippen MR) is 158 cm³/mol. The van der Waals surface area contributed by atoms with Gasteiger partial charge in [0.15, 0.2) is 11.5 Å². The molecule has 0 spiro atoms. The highest BCUT2D eigenvalue weighted by molar-refractivity contribution is 5.99. The molecule has 12 nitrogen and oxygen atoms in total. The Bertz CT molecular complexity index is 1290. The third-order valence-electron chi connectivity index (χ3n) is 6.98. The van der Waals surface area contributed by atoms with Crippen molar-refractivity contribution in [3.05, 3.63) is 53.4 Å². The highest BCUT2D eigenvalue weighted by Gasteiger charge is 2.50. The summed E-state index contributed by atoms with van der Waals surface area (Å²) in [7, 11) is 0. The third kappa shape index (κ3) is 10.3. The number of ether oxygens (including phenoxy) is 1. The number of hydrogen-bond acceptors (Lipinski definition) is 8. The Morgan fingerprint density at radius 1 is 0.884 bits per heavy atom. The first-order valence-corrected chi connectivity index (χ1v) is 14.6. The second kappa shape index (κ2) is 14.9. The Kier molecular flexibility index (Phi) is 11.6. The highest BCUT2D eigenvalue weighted by Crippen LogP contribution is 2.29. The van der Waals surface area contributed by atoms with Gasteiger partial charge >= 0.3 is 0 Å². The number of Topliss-reactive ketones (excluding diaryl/α,β-unsaturated/α-hetero) is 1. The molecule has 1 aliphatic rings. The first-order chi connectivity index (χ1) is 20.3. The fourth-order valence-corrected chi connectivity index (χ4v) is 4.60. The van der Waals surface area contributed by atoms with Crippen LogP contribution in [-0.4, -0.2) is 71.4 Å². The lowest BCUT2D eigenvalue weighted by Crippen LogP contribution is -2.58. The Hall–Kier alpha value is -4.06. The Morgan fingerprint density at radius 3 is 2.02 bits per heavy atom. The molecule has 2 heterocycles. The van der Waals surface area contributed by atoms with Crippen LogP contribution in [0.3, 0.4) is 0 Å². The number of nitrogens with one attached hydrogen (secondary N) is 4. The maximum Gasteiger partial charge on any atom is 0.273 e. The van der Waals surface area contributed by atoms with Gasteiger partial charge < -0.3 is 30.5 Å². The molecule has 1 saturated heterocycles. The zero-order chi connectivity index (χ0) is 31.7. The van der Waals surface area contributed by atoms with Crippen LogP contribution in [0.5, 0.6) is 0 Å². The summed E-state index contributed by atoms with van der Waals surface area (Å²) in [6.45, 7) is 11.0. The molecule has 0 unspecified atom stereocenters. The minimum Gasteiger partial charge on any atom is -0.361 e. The molecule has 234 valence electrons. The fourth-order valence-electron chi connectivity index (χ4n) is 4.60. The second-order valence-electron chi connectivity index (χ2n) is 12.1. The van der Waals surface area contributed by atoms with Gasteiger partial charge in [-0.25, -0.2) is 0 Å². The first kappa shape index (κ1) is 33.4. The standard InChI is InChI=1S/C31H43N5O7/c1-18(2)12-22(27(38)31(6)17-42-31)34-30(41)24(15-21-10-8-7-9-11-21)35-29(40)23(13-19(3)4)33-26(37)16-32-28(39)25-14-20(5)43-36-25/h7-11,14,18-19,22-24H,12-13,15-17H2,1-6H3,(H,32,39)(H,33,37)(H,34,41)(H,35,40)/t22-,23-,24-,31+/m0/s1. The van der Waals surface area contributed by atoms with E-state index < -0.39 is 47.4 Å². The fraction of sp³-hybridized carbons (Fsp3) is 0.548. The summed E-state index contributed by atoms with van der Waals surface area (Å²) in [6, 6.07) is 7.86. The monoisotopic (exact) mass is 597 g/mol. The lowest BCUT2D eigenvalue weighted by Gasteiger charge is -2.27. The van der Waals surface area contributed by atoms with Crippen molar-refractivity contribution in [2.24, 2.45) is 11.8 Å². The quantitative estimate of drug-likeness (QED) is 0.212. The average Bonchev–Trinajstić information content (AvgIpc) is 3.55. The highest BCUT2D eigenvalue weighted by atomic mass is 16.6. The molecule has 0 radical (unpaired) electrons. The Balaban J connectivity index is 1.72. The number of carbonyl (C=O) groups is 5. The summed E-state index contributed by atoms with van der Waals surface area (Å²) in [5.74, 6) is -1.84. The number of aryl methyl sites for hydroxylation is 1. The molecule has 0 saturated carbocycles. The van der Waals surface area contributed by atoms with Crippen LogP contribution in [0.2, 0.25) is 0 Å². The Labute approximate surface area is 252 Å². The summed E-state index contributed by atoms with van der Waals surface area (Å²) >= 11 is 0. The van der Waals surface area contributed by atoms with Crippen molar-refractivity contribution in [1.82, 2.24) is 26.4 Å². The van der Waals surface area contributed by atoms with Crippen LogP contribution < -0.4 is 21.3 Å². The van der Waals surface area contributed by atoms with Gasteiger partial charge in [-0.15, -0.1) is 0 Å². The largest absolute Gasteiger partial charge is 0.361 e. The minimum atomic E-state index is -1.02. The number of aromatic nitrogens is 1. The van der Waals surface area contributed by atoms with Crippen molar-refractivity contribution < 1.29 is 33.2 Å². The molecule has 43 heavy (non-hydrogen) atoms. The zero-order valence-electron chi connectivity index (χ0n) is 25.7. The van der Waals surface area contributed by atoms with Gasteiger partial charge in [0.2, 0.25) is 17.7 Å². The number of nitrogens with zero attached hydrogens (tertiary/aromatic N) is 1. The van der Waals surface area contributed by atoms with E-state index in [-0.39, 0.29) is 42.7 Å². The molecule has 4 atom stereocenters. The average molecular weight is 598 g/mol. The van der Waals surface area contributed by atoms with Gasteiger partial charge in [-0.05, 0) is 44.1 Å². The topological polar surface area (TPSA) is 172 Å². The van der Waals surface area contributed by atoms with E-state index in [2.05, 4.69) is 26.4 Å². The second-order valence-corrected chi connectivity index (χ2v) is 12.1. The van der Waals surface area contributed by atoms with E-state index in [0.717, 1.165) is 5.56 Å². The van der Waals surface area contributed by atoms with E-state index in [4.69, 9.17) is 9.26 Å². The minimum absolute atomic E-state index is 0.0254. The van der Waals surface area contributed by atoms with E-state index in [9.17, 15) is 24.0 Å². The van der Waals surface area contributed by atoms with Crippen molar-refractivity contribution in [2.75, 3.05) is 13.2 Å². The van der Waals surface area contributed by atoms with E-state index in [1.165, 1.54) is 6.07 Å². The van der Waals surface area contributed by atoms with Gasteiger partial charge in [0.25, 0.3) is 5.91 Å². The van der Waals surface area contributed by atoms with Gasteiger partial charge in [-0.1, -0.05) is 63.2 Å². The number of epoxide rings is 1. The molecule has 4 amide bonds. The molecule has 1 aromatic carbocycles. The molecule has 1 fully saturated rings. The van der Waals surface area contributed by atoms with Crippen LogP contribution in [0.15, 0.2) is 40.9 Å². The van der Waals surface area contributed by atoms with Gasteiger partial charge in [0, 0.05) is 12.5 Å². The zero-order valence-corrected chi connectivity index (χ0v) is 25.7. The smallest absolute Gasteiger partial charge is 0.273 e. The summed E-state index contributed by atoms with van der Waals surface area (Å²) < 4.78 is 10.2. The van der Waals surface area contributed by atoms with Crippen molar-refractivity contribution in [2.45, 2.75) is 84.5 Å². The number of carbonyl (C=O) groups excluding carboxylic acids is 5. The molecule has 4 N–H and O–H groups in total. The lowest BCUT2D eigenvalue weighted by molar-refractivity contribution is -0.134. The molecular weight excluding hydrogens is 554 g/mol. The van der Waals surface area contributed by atoms with Crippen molar-refractivity contribution in [1.29, 1.82) is 0 Å². The number of rotatable bonds is 16. The Morgan fingerprint density at radius 2 is 1.47 bits per heavy atom. The molecule has 12 heteroatoms. The van der Waals surface area contributed by atoms with Crippen molar-refractivity contribution >= 4 is 29.4 Å². The van der Waals surface area contributed by atoms with Crippen LogP contribution in [0.1, 0.15) is 69.3 Å². The van der Waals surface area contributed by atoms with Crippen LogP contribution >= 0.6 is 0 Å². The van der Waals surface area contributed by atoms with Crippen LogP contribution in [0, 0.1) is 18.8 Å². The van der Waals surface area contributed by atoms with E-state index in [1.807, 2.05) is 58.0 Å². The van der Waals surface area contributed by atoms with Gasteiger partial charge in [0.05, 0.1) is 19.2 Å². The van der Waals surface area contributed by atoms with Crippen LogP contribution in [0.4, 0.5) is 0 Å². The van der Waals surface area contributed by atoms with Crippen molar-refractivity contribution in [3.63, 3.8) is 0 Å². The molecule has 0 bridgehead atoms. The van der Waals surface area contributed by atoms with E-state index in [1.54, 1.807) is 13.8 Å². The number of ketones is 1. The maximum atomic E-state index is 13.6. The lowest BCUT2D eigenvalue weighted by atomic mass is 9.93. The summed E-state index contributed by atoms with van der Waals surface area (Å²) in [5, 5.41) is 14.4. The molecule has 1 aliphatic heterocycles. The first-order valence-electron chi connectivity index (χ1n) is 14.6. The van der Waals surface area contributed by atoms with E-state index >= 15 is 0 Å². The van der Waals surface area contributed by atoms with Gasteiger partial charge in [-0.3, -0.25) is 24.0 Å². The van der Waals surface area contributed by atoms with Gasteiger partial charge in [-0.2, -0.15) is 0 Å². The molecular formula is C31H43N5O7. The normalized spacial score (nSPS) is 18.0. The predicted octanol–water partition coefficient (Wildman–Crippen LogP) is 1.86. The number of hydrogen-bond donors (Lipinski definition) is 4. The van der Waals surface area contributed by atoms with E-state index in [0.29, 0.717) is 18.8 Å². The van der Waals surface area contributed by atoms with Crippen LogP contribution in [-0.2, 0) is 30.3 Å². The SMILES string of the molecule is Cc1cc(C(=O)NCC(=O)N[C@@H](CC(C)C)C(=O)N[C@@H](Cc2ccccc2)C(=O)N[C@@H](CC(C)C)C(=O)[C@@]2(C)CO2)no1. The molecule has 2 aromatic rings. The van der Waals surface area contributed by atoms with Crippen molar-refractivity contribution in [3.8, 4) is 0 Å². The van der Waals surface area contributed by atoms with Gasteiger partial charge in [0.1, 0.15) is 23.4 Å². The molecule has 0 aliphatic carbocycles. The summed E-state index contributed by atoms with van der Waals surface area (Å²) in [6.07, 6.45) is 0.878. The third-order valence-corrected chi connectivity index (χ3v) is 6.98. The number of benzene rings is 1. The summed E-state index contributed by atoms with van der Waals surface area (Å²) in [4.78, 5) is 65.3. The maximum absolute atomic E-state index is 13.6. The molecule has 1 aromatic heterocycles. The summed E-state index contributed by atoms with van der Waals surface area (Å²) in [5.41, 5.74) is -0.0741. The molecule has 3 rings (SSSR count). The van der Waals surface area contributed by atoms with Crippen LogP contribution in [0.25, 0.3) is 0 Å². The number of amides is 4.